The molecule has 3 nitrogen and oxygen atoms in total. The summed E-state index contributed by atoms with van der Waals surface area (Å²) < 4.78 is 19.1. The molecule has 0 spiro atoms. The molecule has 0 bridgehead atoms. The molecule has 0 aliphatic carbocycles. The van der Waals surface area contributed by atoms with Gasteiger partial charge in [-0.15, -0.1) is 0 Å². The quantitative estimate of drug-likeness (QED) is 0.313. The molecule has 1 N–H and O–H groups in total. The average Bonchev–Trinajstić information content (AvgIpc) is 2.04. The normalized spacial score (nSPS) is 15.5. The van der Waals surface area contributed by atoms with Crippen molar-refractivity contribution in [1.82, 2.24) is 0 Å². The van der Waals surface area contributed by atoms with E-state index in [-0.39, 0.29) is 4.91 Å². The Hall–Kier alpha value is -1.00. The Kier molecular flexibility index (Phi) is 5.16. The van der Waals surface area contributed by atoms with E-state index in [1.165, 1.54) is 18.2 Å². The molecule has 12 heavy (non-hydrogen) atoms. The summed E-state index contributed by atoms with van der Waals surface area (Å²) in [6, 6.07) is 0. The summed E-state index contributed by atoms with van der Waals surface area (Å²) in [4.78, 5) is 10.3. The van der Waals surface area contributed by atoms with Gasteiger partial charge in [-0.3, -0.25) is 4.79 Å². The third kappa shape index (κ3) is 4.00. The summed E-state index contributed by atoms with van der Waals surface area (Å²) in [5.41, 5.74) is 0.486. The maximum atomic E-state index is 10.5. The minimum atomic E-state index is -2.04. The molecule has 0 fully saturated rings. The van der Waals surface area contributed by atoms with Crippen LogP contribution in [0, 0.1) is 0 Å². The fourth-order valence-corrected chi connectivity index (χ4v) is 0.777. The highest BCUT2D eigenvalue weighted by Crippen LogP contribution is 2.01. The van der Waals surface area contributed by atoms with Crippen LogP contribution >= 0.6 is 0 Å². The second-order valence-corrected chi connectivity index (χ2v) is 3.02. The van der Waals surface area contributed by atoms with Crippen LogP contribution in [0.3, 0.4) is 0 Å². The summed E-state index contributed by atoms with van der Waals surface area (Å²) >= 11 is -2.04. The molecule has 0 amide bonds. The van der Waals surface area contributed by atoms with Crippen molar-refractivity contribution in [1.29, 1.82) is 0 Å². The minimum Gasteiger partial charge on any atom is -0.302 e. The zero-order chi connectivity index (χ0) is 9.56. The van der Waals surface area contributed by atoms with E-state index in [4.69, 9.17) is 4.55 Å². The van der Waals surface area contributed by atoms with Gasteiger partial charge in [-0.1, -0.05) is 18.7 Å². The van der Waals surface area contributed by atoms with Gasteiger partial charge in [-0.05, 0) is 18.6 Å². The molecule has 0 saturated carbocycles. The first-order valence-corrected chi connectivity index (χ1v) is 4.29. The molecular weight excluding hydrogens is 176 g/mol. The molecular formula is C8H10O3S. The second kappa shape index (κ2) is 5.62. The van der Waals surface area contributed by atoms with Gasteiger partial charge in [0.15, 0.2) is 11.1 Å². The summed E-state index contributed by atoms with van der Waals surface area (Å²) in [6.45, 7) is 4.95. The molecule has 0 radical (unpaired) electrons. The van der Waals surface area contributed by atoms with Crippen molar-refractivity contribution >= 4 is 17.4 Å². The number of hydrogen-bond acceptors (Lipinski definition) is 2. The minimum absolute atomic E-state index is 0.177. The van der Waals surface area contributed by atoms with Crippen molar-refractivity contribution in [3.8, 4) is 0 Å². The summed E-state index contributed by atoms with van der Waals surface area (Å²) in [5, 5.41) is 0. The van der Waals surface area contributed by atoms with Crippen molar-refractivity contribution in [2.75, 3.05) is 0 Å². The first kappa shape index (κ1) is 11.0. The summed E-state index contributed by atoms with van der Waals surface area (Å²) in [7, 11) is 0. The zero-order valence-electron chi connectivity index (χ0n) is 6.69. The van der Waals surface area contributed by atoms with E-state index in [1.807, 2.05) is 0 Å². The molecule has 0 aliphatic rings. The second-order valence-electron chi connectivity index (χ2n) is 2.05. The van der Waals surface area contributed by atoms with Gasteiger partial charge in [-0.2, -0.15) is 0 Å². The maximum Gasteiger partial charge on any atom is 0.186 e. The number of allylic oxidation sites excluding steroid dienone is 4. The summed E-state index contributed by atoms with van der Waals surface area (Å²) in [5.74, 6) is 0. The Bertz CT molecular complexity index is 263. The van der Waals surface area contributed by atoms with Crippen LogP contribution in [0.1, 0.15) is 6.92 Å². The number of carbonyl (C=O) groups is 1. The van der Waals surface area contributed by atoms with Crippen molar-refractivity contribution in [2.45, 2.75) is 6.92 Å². The van der Waals surface area contributed by atoms with E-state index in [2.05, 4.69) is 6.58 Å². The van der Waals surface area contributed by atoms with Gasteiger partial charge in [0.1, 0.15) is 6.29 Å². The maximum absolute atomic E-state index is 10.5. The van der Waals surface area contributed by atoms with Gasteiger partial charge in [-0.25, -0.2) is 4.21 Å². The van der Waals surface area contributed by atoms with Crippen molar-refractivity contribution in [3.05, 3.63) is 35.3 Å². The standard InChI is InChI=1S/C8H10O3S/c1-3-8(12(10)11)5-4-7(2)6-9/h3-6H,1H2,2H3,(H,10,11)/b7-4+,8-5+. The van der Waals surface area contributed by atoms with E-state index < -0.39 is 11.1 Å². The smallest absolute Gasteiger partial charge is 0.186 e. The first-order valence-electron chi connectivity index (χ1n) is 3.19. The lowest BCUT2D eigenvalue weighted by atomic mass is 10.3. The predicted octanol–water partition coefficient (Wildman–Crippen LogP) is 1.42. The van der Waals surface area contributed by atoms with E-state index in [0.717, 1.165) is 0 Å². The Morgan fingerprint density at radius 2 is 2.08 bits per heavy atom. The van der Waals surface area contributed by atoms with Gasteiger partial charge in [0.25, 0.3) is 0 Å². The van der Waals surface area contributed by atoms with Crippen LogP contribution in [0.25, 0.3) is 0 Å². The highest BCUT2D eigenvalue weighted by molar-refractivity contribution is 7.83. The molecule has 0 heterocycles. The Balaban J connectivity index is 4.62. The fraction of sp³-hybridized carbons (Fsp3) is 0.125. The van der Waals surface area contributed by atoms with Gasteiger partial charge in [0.2, 0.25) is 0 Å². The monoisotopic (exact) mass is 186 g/mol. The zero-order valence-corrected chi connectivity index (χ0v) is 7.50. The first-order chi connectivity index (χ1) is 5.61. The largest absolute Gasteiger partial charge is 0.302 e. The average molecular weight is 186 g/mol. The molecule has 0 aromatic carbocycles. The van der Waals surface area contributed by atoms with Crippen LogP contribution in [-0.4, -0.2) is 15.0 Å². The molecule has 0 aromatic rings. The third-order valence-corrected chi connectivity index (χ3v) is 1.81. The number of rotatable bonds is 4. The van der Waals surface area contributed by atoms with Crippen LogP contribution in [0.2, 0.25) is 0 Å². The SMILES string of the molecule is C=C/C(=C\C=C(/C)C=O)S(=O)O. The molecule has 0 aliphatic heterocycles. The molecule has 0 rings (SSSR count). The Morgan fingerprint density at radius 3 is 2.42 bits per heavy atom. The third-order valence-electron chi connectivity index (χ3n) is 1.10. The molecule has 4 heteroatoms. The molecule has 0 saturated heterocycles. The van der Waals surface area contributed by atoms with Gasteiger partial charge in [0, 0.05) is 0 Å². The van der Waals surface area contributed by atoms with Crippen molar-refractivity contribution < 1.29 is 13.6 Å². The van der Waals surface area contributed by atoms with Gasteiger partial charge >= 0.3 is 0 Å². The Morgan fingerprint density at radius 1 is 1.50 bits per heavy atom. The summed E-state index contributed by atoms with van der Waals surface area (Å²) in [6.07, 6.45) is 4.77. The molecule has 66 valence electrons. The Labute approximate surface area is 73.8 Å². The number of hydrogen-bond donors (Lipinski definition) is 1. The van der Waals surface area contributed by atoms with Crippen LogP contribution in [0.15, 0.2) is 35.3 Å². The van der Waals surface area contributed by atoms with Crippen LogP contribution in [-0.2, 0) is 15.9 Å². The van der Waals surface area contributed by atoms with Gasteiger partial charge in [0.05, 0.1) is 4.91 Å². The fourth-order valence-electron chi connectivity index (χ4n) is 0.450. The molecule has 1 atom stereocenters. The topological polar surface area (TPSA) is 54.4 Å². The molecule has 1 unspecified atom stereocenters. The van der Waals surface area contributed by atoms with Crippen LogP contribution in [0.4, 0.5) is 0 Å². The van der Waals surface area contributed by atoms with E-state index in [1.54, 1.807) is 6.92 Å². The highest BCUT2D eigenvalue weighted by atomic mass is 32.2. The lowest BCUT2D eigenvalue weighted by Gasteiger charge is -1.90. The van der Waals surface area contributed by atoms with E-state index in [9.17, 15) is 9.00 Å². The van der Waals surface area contributed by atoms with E-state index in [0.29, 0.717) is 11.9 Å². The molecule has 0 aromatic heterocycles. The lowest BCUT2D eigenvalue weighted by molar-refractivity contribution is -0.104. The number of aldehydes is 1. The number of carbonyl (C=O) groups excluding carboxylic acids is 1. The predicted molar refractivity (Wildman–Crippen MR) is 48.9 cm³/mol. The van der Waals surface area contributed by atoms with Crippen molar-refractivity contribution in [3.63, 3.8) is 0 Å². The highest BCUT2D eigenvalue weighted by Gasteiger charge is 1.95. The van der Waals surface area contributed by atoms with Gasteiger partial charge < -0.3 is 4.55 Å². The van der Waals surface area contributed by atoms with Crippen molar-refractivity contribution in [2.24, 2.45) is 0 Å². The van der Waals surface area contributed by atoms with Crippen LogP contribution in [0.5, 0.6) is 0 Å². The van der Waals surface area contributed by atoms with Crippen LogP contribution < -0.4 is 0 Å². The van der Waals surface area contributed by atoms with E-state index >= 15 is 0 Å². The lowest BCUT2D eigenvalue weighted by Crippen LogP contribution is -1.87.